The summed E-state index contributed by atoms with van der Waals surface area (Å²) in [5.41, 5.74) is 2.94. The number of aromatic nitrogens is 1. The van der Waals surface area contributed by atoms with E-state index in [9.17, 15) is 4.79 Å². The summed E-state index contributed by atoms with van der Waals surface area (Å²) in [5.74, 6) is 0.0913. The number of hydrogen-bond donors (Lipinski definition) is 1. The van der Waals surface area contributed by atoms with Gasteiger partial charge in [-0.15, -0.1) is 0 Å². The van der Waals surface area contributed by atoms with E-state index in [4.69, 9.17) is 0 Å². The molecule has 82 valence electrons. The first kappa shape index (κ1) is 9.90. The fourth-order valence-electron chi connectivity index (χ4n) is 2.23. The lowest BCUT2D eigenvalue weighted by Crippen LogP contribution is -2.33. The molecule has 0 spiro atoms. The van der Waals surface area contributed by atoms with Crippen LogP contribution in [0, 0.1) is 0 Å². The molecule has 2 heterocycles. The molecule has 3 nitrogen and oxygen atoms in total. The van der Waals surface area contributed by atoms with Gasteiger partial charge < -0.3 is 9.88 Å². The molecule has 0 atom stereocenters. The van der Waals surface area contributed by atoms with Crippen LogP contribution in [0.25, 0.3) is 10.9 Å². The molecule has 3 rings (SSSR count). The summed E-state index contributed by atoms with van der Waals surface area (Å²) in [6, 6.07) is 6.06. The number of amides is 1. The number of hydrogen-bond acceptors (Lipinski definition) is 1. The number of rotatable bonds is 0. The first-order chi connectivity index (χ1) is 7.66. The number of benzene rings is 1. The Morgan fingerprint density at radius 1 is 1.44 bits per heavy atom. The summed E-state index contributed by atoms with van der Waals surface area (Å²) in [7, 11) is 1.84. The summed E-state index contributed by atoms with van der Waals surface area (Å²) in [5, 5.41) is 1.16. The number of carbonyl (C=O) groups excluding carboxylic acids is 1. The number of likely N-dealkylation sites (N-methyl/N-ethyl adjacent to an activating group) is 1. The summed E-state index contributed by atoms with van der Waals surface area (Å²) in [6.07, 6.45) is 0.925. The molecule has 0 fully saturated rings. The molecule has 0 bridgehead atoms. The number of halogens is 1. The van der Waals surface area contributed by atoms with Crippen molar-refractivity contribution in [3.05, 3.63) is 33.9 Å². The Labute approximate surface area is 102 Å². The lowest BCUT2D eigenvalue weighted by Gasteiger charge is -2.22. The number of nitrogens with zero attached hydrogens (tertiary/aromatic N) is 1. The van der Waals surface area contributed by atoms with E-state index in [-0.39, 0.29) is 5.91 Å². The van der Waals surface area contributed by atoms with Crippen molar-refractivity contribution in [3.63, 3.8) is 0 Å². The maximum absolute atomic E-state index is 12.0. The first-order valence-electron chi connectivity index (χ1n) is 5.22. The fourth-order valence-corrected chi connectivity index (χ4v) is 2.60. The van der Waals surface area contributed by atoms with E-state index in [1.807, 2.05) is 19.2 Å². The van der Waals surface area contributed by atoms with Crippen molar-refractivity contribution in [1.29, 1.82) is 0 Å². The maximum Gasteiger partial charge on any atom is 0.270 e. The number of fused-ring (bicyclic) bond motifs is 3. The van der Waals surface area contributed by atoms with E-state index in [1.54, 1.807) is 4.90 Å². The highest BCUT2D eigenvalue weighted by Crippen LogP contribution is 2.29. The molecule has 1 aliphatic heterocycles. The van der Waals surface area contributed by atoms with Gasteiger partial charge in [0, 0.05) is 29.0 Å². The molecule has 0 unspecified atom stereocenters. The van der Waals surface area contributed by atoms with Gasteiger partial charge in [0.05, 0.1) is 0 Å². The second-order valence-corrected chi connectivity index (χ2v) is 5.06. The minimum absolute atomic E-state index is 0.0913. The Hall–Kier alpha value is -1.29. The van der Waals surface area contributed by atoms with Crippen LogP contribution in [0.3, 0.4) is 0 Å². The van der Waals surface area contributed by atoms with Crippen molar-refractivity contribution in [2.75, 3.05) is 13.6 Å². The molecule has 1 aromatic carbocycles. The van der Waals surface area contributed by atoms with Gasteiger partial charge in [-0.2, -0.15) is 0 Å². The summed E-state index contributed by atoms with van der Waals surface area (Å²) in [4.78, 5) is 16.9. The fraction of sp³-hybridized carbons (Fsp3) is 0.250. The lowest BCUT2D eigenvalue weighted by molar-refractivity contribution is 0.0776. The highest BCUT2D eigenvalue weighted by atomic mass is 79.9. The van der Waals surface area contributed by atoms with Gasteiger partial charge in [-0.25, -0.2) is 0 Å². The van der Waals surface area contributed by atoms with Crippen LogP contribution in [0.4, 0.5) is 0 Å². The molecule has 1 amide bonds. The Balaban J connectivity index is 2.31. The van der Waals surface area contributed by atoms with Gasteiger partial charge in [-0.3, -0.25) is 4.79 Å². The predicted octanol–water partition coefficient (Wildman–Crippen LogP) is 2.56. The molecule has 1 aliphatic rings. The SMILES string of the molecule is CN1CCc2c([nH]c3ccc(Br)cc23)C1=O. The Morgan fingerprint density at radius 3 is 3.06 bits per heavy atom. The largest absolute Gasteiger partial charge is 0.350 e. The van der Waals surface area contributed by atoms with Crippen molar-refractivity contribution in [1.82, 2.24) is 9.88 Å². The quantitative estimate of drug-likeness (QED) is 0.790. The third-order valence-corrected chi connectivity index (χ3v) is 3.62. The molecule has 0 radical (unpaired) electrons. The second-order valence-electron chi connectivity index (χ2n) is 4.15. The van der Waals surface area contributed by atoms with Crippen molar-refractivity contribution in [3.8, 4) is 0 Å². The van der Waals surface area contributed by atoms with Gasteiger partial charge in [0.25, 0.3) is 5.91 Å². The topological polar surface area (TPSA) is 36.1 Å². The van der Waals surface area contributed by atoms with Crippen molar-refractivity contribution in [2.24, 2.45) is 0 Å². The van der Waals surface area contributed by atoms with E-state index in [0.717, 1.165) is 39.6 Å². The first-order valence-corrected chi connectivity index (χ1v) is 6.01. The lowest BCUT2D eigenvalue weighted by atomic mass is 10.0. The van der Waals surface area contributed by atoms with Crippen LogP contribution < -0.4 is 0 Å². The Kier molecular flexibility index (Phi) is 2.07. The summed E-state index contributed by atoms with van der Waals surface area (Å²) >= 11 is 3.46. The van der Waals surface area contributed by atoms with Gasteiger partial charge in [0.15, 0.2) is 0 Å². The van der Waals surface area contributed by atoms with Crippen LogP contribution in [0.1, 0.15) is 16.1 Å². The number of carbonyl (C=O) groups is 1. The average Bonchev–Trinajstić information content (AvgIpc) is 2.62. The highest BCUT2D eigenvalue weighted by molar-refractivity contribution is 9.10. The van der Waals surface area contributed by atoms with Gasteiger partial charge in [0.2, 0.25) is 0 Å². The standard InChI is InChI=1S/C12H11BrN2O/c1-15-5-4-8-9-6-7(13)2-3-10(9)14-11(8)12(15)16/h2-3,6,14H,4-5H2,1H3. The molecule has 1 aromatic heterocycles. The third kappa shape index (κ3) is 1.29. The van der Waals surface area contributed by atoms with Crippen molar-refractivity contribution in [2.45, 2.75) is 6.42 Å². The number of nitrogens with one attached hydrogen (secondary N) is 1. The zero-order valence-corrected chi connectivity index (χ0v) is 10.5. The third-order valence-electron chi connectivity index (χ3n) is 3.13. The molecule has 0 saturated carbocycles. The van der Waals surface area contributed by atoms with Crippen LogP contribution in [0.5, 0.6) is 0 Å². The van der Waals surface area contributed by atoms with Crippen LogP contribution in [0.15, 0.2) is 22.7 Å². The van der Waals surface area contributed by atoms with Gasteiger partial charge in [0.1, 0.15) is 5.69 Å². The predicted molar refractivity (Wildman–Crippen MR) is 66.7 cm³/mol. The molecule has 2 aromatic rings. The average molecular weight is 279 g/mol. The second kappa shape index (κ2) is 3.35. The molecule has 4 heteroatoms. The minimum atomic E-state index is 0.0913. The summed E-state index contributed by atoms with van der Waals surface area (Å²) in [6.45, 7) is 0.797. The normalized spacial score (nSPS) is 15.6. The summed E-state index contributed by atoms with van der Waals surface area (Å²) < 4.78 is 1.05. The van der Waals surface area contributed by atoms with Gasteiger partial charge in [-0.05, 0) is 30.2 Å². The van der Waals surface area contributed by atoms with Gasteiger partial charge >= 0.3 is 0 Å². The smallest absolute Gasteiger partial charge is 0.270 e. The van der Waals surface area contributed by atoms with E-state index in [1.165, 1.54) is 0 Å². The van der Waals surface area contributed by atoms with Crippen LogP contribution >= 0.6 is 15.9 Å². The molecular weight excluding hydrogens is 268 g/mol. The van der Waals surface area contributed by atoms with E-state index < -0.39 is 0 Å². The molecule has 0 aliphatic carbocycles. The van der Waals surface area contributed by atoms with E-state index in [0.29, 0.717) is 0 Å². The monoisotopic (exact) mass is 278 g/mol. The van der Waals surface area contributed by atoms with Crippen LogP contribution in [-0.4, -0.2) is 29.4 Å². The Bertz CT molecular complexity index is 588. The van der Waals surface area contributed by atoms with Gasteiger partial charge in [-0.1, -0.05) is 15.9 Å². The molecule has 1 N–H and O–H groups in total. The maximum atomic E-state index is 12.0. The Morgan fingerprint density at radius 2 is 2.25 bits per heavy atom. The number of aromatic amines is 1. The van der Waals surface area contributed by atoms with Crippen LogP contribution in [-0.2, 0) is 6.42 Å². The number of H-pyrrole nitrogens is 1. The zero-order chi connectivity index (χ0) is 11.3. The van der Waals surface area contributed by atoms with E-state index >= 15 is 0 Å². The molecule has 16 heavy (non-hydrogen) atoms. The highest BCUT2D eigenvalue weighted by Gasteiger charge is 2.25. The molecular formula is C12H11BrN2O. The minimum Gasteiger partial charge on any atom is -0.350 e. The van der Waals surface area contributed by atoms with Crippen LogP contribution in [0.2, 0.25) is 0 Å². The van der Waals surface area contributed by atoms with Crippen molar-refractivity contribution < 1.29 is 4.79 Å². The molecule has 0 saturated heterocycles. The van der Waals surface area contributed by atoms with E-state index in [2.05, 4.69) is 27.0 Å². The van der Waals surface area contributed by atoms with Crippen molar-refractivity contribution >= 4 is 32.7 Å². The zero-order valence-electron chi connectivity index (χ0n) is 8.88.